The molecule has 0 aliphatic carbocycles. The number of hydrogen-bond donors (Lipinski definition) is 2. The second-order valence-corrected chi connectivity index (χ2v) is 8.21. The minimum atomic E-state index is -0.807. The number of fused-ring (bicyclic) bond motifs is 1. The van der Waals surface area contributed by atoms with Gasteiger partial charge in [0.05, 0.1) is 12.0 Å². The van der Waals surface area contributed by atoms with Gasteiger partial charge in [0.15, 0.2) is 0 Å². The molecule has 3 atom stereocenters. The first-order valence-corrected chi connectivity index (χ1v) is 9.32. The Morgan fingerprint density at radius 1 is 1.23 bits per heavy atom. The van der Waals surface area contributed by atoms with Crippen molar-refractivity contribution in [1.29, 1.82) is 0 Å². The van der Waals surface area contributed by atoms with Crippen LogP contribution in [0.15, 0.2) is 24.3 Å². The number of amides is 2. The number of ether oxygens (including phenoxy) is 1. The highest BCUT2D eigenvalue weighted by molar-refractivity contribution is 5.96. The van der Waals surface area contributed by atoms with Gasteiger partial charge in [-0.05, 0) is 52.0 Å². The van der Waals surface area contributed by atoms with Gasteiger partial charge in [-0.2, -0.15) is 0 Å². The van der Waals surface area contributed by atoms with E-state index in [0.717, 1.165) is 18.4 Å². The van der Waals surface area contributed by atoms with E-state index >= 15 is 0 Å². The van der Waals surface area contributed by atoms with E-state index in [1.807, 2.05) is 45.0 Å². The Bertz CT molecular complexity index is 683. The van der Waals surface area contributed by atoms with Crippen LogP contribution >= 0.6 is 0 Å². The van der Waals surface area contributed by atoms with Crippen LogP contribution in [0.2, 0.25) is 0 Å². The third-order valence-electron chi connectivity index (χ3n) is 5.11. The lowest BCUT2D eigenvalue weighted by Gasteiger charge is -2.34. The van der Waals surface area contributed by atoms with Gasteiger partial charge in [0.2, 0.25) is 5.91 Å². The maximum absolute atomic E-state index is 12.6. The zero-order chi connectivity index (χ0) is 18.9. The standard InChI is InChI=1S/C20H28N2O4/c1-20(2,3)26-19(25)22-11-6-7-13(10-12-22)16-17(23)14-8-4-5-9-15(14)21-18(16)24/h4-5,8-9,13,16-17,23H,6-7,10-12H2,1-3H3,(H,21,24). The van der Waals surface area contributed by atoms with Crippen LogP contribution in [0.4, 0.5) is 10.5 Å². The molecular formula is C20H28N2O4. The molecule has 1 aromatic carbocycles. The van der Waals surface area contributed by atoms with E-state index in [-0.39, 0.29) is 17.9 Å². The van der Waals surface area contributed by atoms with E-state index in [4.69, 9.17) is 4.74 Å². The van der Waals surface area contributed by atoms with Gasteiger partial charge < -0.3 is 20.1 Å². The Kier molecular flexibility index (Phi) is 5.23. The molecule has 0 radical (unpaired) electrons. The molecule has 6 nitrogen and oxygen atoms in total. The number of aliphatic hydroxyl groups is 1. The van der Waals surface area contributed by atoms with Crippen molar-refractivity contribution in [3.63, 3.8) is 0 Å². The van der Waals surface area contributed by atoms with Gasteiger partial charge in [-0.3, -0.25) is 4.79 Å². The van der Waals surface area contributed by atoms with Crippen molar-refractivity contribution in [2.24, 2.45) is 11.8 Å². The lowest BCUT2D eigenvalue weighted by Crippen LogP contribution is -2.39. The van der Waals surface area contributed by atoms with Crippen molar-refractivity contribution in [1.82, 2.24) is 4.90 Å². The summed E-state index contributed by atoms with van der Waals surface area (Å²) < 4.78 is 5.46. The Morgan fingerprint density at radius 2 is 1.96 bits per heavy atom. The zero-order valence-corrected chi connectivity index (χ0v) is 15.7. The van der Waals surface area contributed by atoms with E-state index in [1.54, 1.807) is 4.90 Å². The SMILES string of the molecule is CC(C)(C)OC(=O)N1CCCC(C2C(=O)Nc3ccccc3C2O)CC1. The highest BCUT2D eigenvalue weighted by Gasteiger charge is 2.40. The normalized spacial score (nSPS) is 26.5. The van der Waals surface area contributed by atoms with E-state index in [2.05, 4.69) is 5.32 Å². The molecule has 3 unspecified atom stereocenters. The quantitative estimate of drug-likeness (QED) is 0.805. The van der Waals surface area contributed by atoms with Crippen molar-refractivity contribution in [2.75, 3.05) is 18.4 Å². The summed E-state index contributed by atoms with van der Waals surface area (Å²) in [6, 6.07) is 7.38. The molecule has 1 aromatic rings. The van der Waals surface area contributed by atoms with Crippen LogP contribution in [0.1, 0.15) is 51.7 Å². The first kappa shape index (κ1) is 18.7. The van der Waals surface area contributed by atoms with E-state index in [1.165, 1.54) is 0 Å². The van der Waals surface area contributed by atoms with Crippen LogP contribution in [0, 0.1) is 11.8 Å². The van der Waals surface area contributed by atoms with E-state index < -0.39 is 17.6 Å². The molecule has 2 amide bonds. The summed E-state index contributed by atoms with van der Waals surface area (Å²) in [6.07, 6.45) is 1.16. The number of nitrogens with zero attached hydrogens (tertiary/aromatic N) is 1. The monoisotopic (exact) mass is 360 g/mol. The number of carbonyl (C=O) groups excluding carboxylic acids is 2. The molecule has 2 aliphatic heterocycles. The fraction of sp³-hybridized carbons (Fsp3) is 0.600. The highest BCUT2D eigenvalue weighted by atomic mass is 16.6. The zero-order valence-electron chi connectivity index (χ0n) is 15.7. The number of nitrogens with one attached hydrogen (secondary N) is 1. The summed E-state index contributed by atoms with van der Waals surface area (Å²) in [5, 5.41) is 13.7. The second-order valence-electron chi connectivity index (χ2n) is 8.21. The number of likely N-dealkylation sites (tertiary alicyclic amines) is 1. The molecule has 2 heterocycles. The predicted molar refractivity (Wildman–Crippen MR) is 98.7 cm³/mol. The molecule has 0 spiro atoms. The topological polar surface area (TPSA) is 78.9 Å². The molecule has 1 saturated heterocycles. The Balaban J connectivity index is 1.69. The molecule has 142 valence electrons. The molecule has 2 N–H and O–H groups in total. The smallest absolute Gasteiger partial charge is 0.410 e. The summed E-state index contributed by atoms with van der Waals surface area (Å²) in [5.74, 6) is -0.582. The number of rotatable bonds is 1. The molecule has 26 heavy (non-hydrogen) atoms. The highest BCUT2D eigenvalue weighted by Crippen LogP contribution is 2.41. The number of hydrogen-bond acceptors (Lipinski definition) is 4. The molecule has 3 rings (SSSR count). The molecule has 0 aromatic heterocycles. The maximum Gasteiger partial charge on any atom is 0.410 e. The van der Waals surface area contributed by atoms with Crippen LogP contribution in [-0.4, -0.2) is 40.7 Å². The van der Waals surface area contributed by atoms with Crippen molar-refractivity contribution in [2.45, 2.75) is 51.7 Å². The van der Waals surface area contributed by atoms with E-state index in [0.29, 0.717) is 25.2 Å². The summed E-state index contributed by atoms with van der Waals surface area (Å²) in [4.78, 5) is 26.6. The molecule has 1 fully saturated rings. The predicted octanol–water partition coefficient (Wildman–Crippen LogP) is 3.33. The number of carbonyl (C=O) groups is 2. The van der Waals surface area contributed by atoms with Crippen LogP contribution in [0.3, 0.4) is 0 Å². The summed E-state index contributed by atoms with van der Waals surface area (Å²) in [5.41, 5.74) is 0.932. The Morgan fingerprint density at radius 3 is 2.69 bits per heavy atom. The largest absolute Gasteiger partial charge is 0.444 e. The number of aliphatic hydroxyl groups excluding tert-OH is 1. The average molecular weight is 360 g/mol. The van der Waals surface area contributed by atoms with Gasteiger partial charge in [-0.15, -0.1) is 0 Å². The van der Waals surface area contributed by atoms with Crippen LogP contribution in [-0.2, 0) is 9.53 Å². The van der Waals surface area contributed by atoms with Gasteiger partial charge in [0, 0.05) is 24.3 Å². The summed E-state index contributed by atoms with van der Waals surface area (Å²) >= 11 is 0. The number of benzene rings is 1. The van der Waals surface area contributed by atoms with Crippen LogP contribution in [0.5, 0.6) is 0 Å². The second kappa shape index (κ2) is 7.27. The lowest BCUT2D eigenvalue weighted by atomic mass is 9.77. The van der Waals surface area contributed by atoms with Crippen LogP contribution < -0.4 is 5.32 Å². The minimum Gasteiger partial charge on any atom is -0.444 e. The van der Waals surface area contributed by atoms with Crippen molar-refractivity contribution in [3.8, 4) is 0 Å². The maximum atomic E-state index is 12.6. The minimum absolute atomic E-state index is 0.0331. The fourth-order valence-corrected chi connectivity index (χ4v) is 3.88. The third-order valence-corrected chi connectivity index (χ3v) is 5.11. The number of anilines is 1. The van der Waals surface area contributed by atoms with Crippen molar-refractivity contribution < 1.29 is 19.4 Å². The summed E-state index contributed by atoms with van der Waals surface area (Å²) in [7, 11) is 0. The van der Waals surface area contributed by atoms with Gasteiger partial charge in [-0.1, -0.05) is 18.2 Å². The van der Waals surface area contributed by atoms with Gasteiger partial charge in [-0.25, -0.2) is 4.79 Å². The third kappa shape index (κ3) is 4.01. The van der Waals surface area contributed by atoms with Crippen LogP contribution in [0.25, 0.3) is 0 Å². The average Bonchev–Trinajstić information content (AvgIpc) is 2.79. The molecule has 6 heteroatoms. The molecule has 2 aliphatic rings. The summed E-state index contributed by atoms with van der Waals surface area (Å²) in [6.45, 7) is 6.72. The lowest BCUT2D eigenvalue weighted by molar-refractivity contribution is -0.127. The molecule has 0 saturated carbocycles. The number of para-hydroxylation sites is 1. The van der Waals surface area contributed by atoms with Gasteiger partial charge in [0.25, 0.3) is 0 Å². The van der Waals surface area contributed by atoms with E-state index in [9.17, 15) is 14.7 Å². The van der Waals surface area contributed by atoms with Crippen molar-refractivity contribution >= 4 is 17.7 Å². The van der Waals surface area contributed by atoms with Gasteiger partial charge in [0.1, 0.15) is 5.60 Å². The van der Waals surface area contributed by atoms with Crippen molar-refractivity contribution in [3.05, 3.63) is 29.8 Å². The first-order chi connectivity index (χ1) is 12.3. The Hall–Kier alpha value is -2.08. The molecular weight excluding hydrogens is 332 g/mol. The molecule has 0 bridgehead atoms. The van der Waals surface area contributed by atoms with Gasteiger partial charge >= 0.3 is 6.09 Å². The Labute approximate surface area is 154 Å². The fourth-order valence-electron chi connectivity index (χ4n) is 3.88. The first-order valence-electron chi connectivity index (χ1n) is 9.32.